The number of fused-ring (bicyclic) bond motifs is 3. The van der Waals surface area contributed by atoms with Crippen LogP contribution in [0.3, 0.4) is 0 Å². The molecule has 1 atom stereocenters. The molecule has 3 aromatic carbocycles. The van der Waals surface area contributed by atoms with Gasteiger partial charge in [-0.3, -0.25) is 0 Å². The molecule has 0 saturated heterocycles. The van der Waals surface area contributed by atoms with Gasteiger partial charge in [-0.05, 0) is 42.3 Å². The number of nitrogens with two attached hydrogens (primary N) is 1. The fourth-order valence-electron chi connectivity index (χ4n) is 4.23. The lowest BCUT2D eigenvalue weighted by Crippen LogP contribution is -2.26. The molecule has 4 aromatic rings. The molecule has 0 radical (unpaired) electrons. The smallest absolute Gasteiger partial charge is 0.344 e. The summed E-state index contributed by atoms with van der Waals surface area (Å²) in [5.41, 5.74) is 7.94. The first-order valence-corrected chi connectivity index (χ1v) is 11.2. The lowest BCUT2D eigenvalue weighted by molar-refractivity contribution is 0.269. The van der Waals surface area contributed by atoms with Crippen molar-refractivity contribution in [3.8, 4) is 23.3 Å². The molecule has 7 nitrogen and oxygen atoms in total. The second-order valence-electron chi connectivity index (χ2n) is 7.97. The van der Waals surface area contributed by atoms with E-state index in [1.54, 1.807) is 36.4 Å². The molecule has 0 spiro atoms. The molecule has 0 bridgehead atoms. The van der Waals surface area contributed by atoms with Crippen LogP contribution in [0.5, 0.6) is 17.2 Å². The Bertz CT molecular complexity index is 1530. The normalized spacial score (nSPS) is 14.7. The summed E-state index contributed by atoms with van der Waals surface area (Å²) in [7, 11) is 0. The highest BCUT2D eigenvalue weighted by molar-refractivity contribution is 5.86. The largest absolute Gasteiger partial charge is 0.490 e. The van der Waals surface area contributed by atoms with E-state index in [1.807, 2.05) is 43.3 Å². The van der Waals surface area contributed by atoms with Crippen LogP contribution in [0, 0.1) is 11.3 Å². The van der Waals surface area contributed by atoms with Crippen molar-refractivity contribution in [3.63, 3.8) is 0 Å². The summed E-state index contributed by atoms with van der Waals surface area (Å²) in [6.45, 7) is 2.65. The van der Waals surface area contributed by atoms with Crippen LogP contribution < -0.4 is 25.6 Å². The van der Waals surface area contributed by atoms with E-state index in [1.165, 1.54) is 0 Å². The Hall–Kier alpha value is -4.70. The predicted octanol–water partition coefficient (Wildman–Crippen LogP) is 4.99. The van der Waals surface area contributed by atoms with E-state index in [0.717, 1.165) is 5.56 Å². The van der Waals surface area contributed by atoms with Gasteiger partial charge in [-0.15, -0.1) is 0 Å². The molecule has 0 saturated carbocycles. The highest BCUT2D eigenvalue weighted by Gasteiger charge is 2.36. The van der Waals surface area contributed by atoms with E-state index in [9.17, 15) is 10.1 Å². The maximum atomic E-state index is 13.1. The van der Waals surface area contributed by atoms with Gasteiger partial charge in [0.15, 0.2) is 17.2 Å². The maximum absolute atomic E-state index is 13.1. The number of allylic oxidation sites excluding steroid dienone is 1. The number of rotatable bonds is 6. The minimum absolute atomic E-state index is 0.0527. The molecular weight excluding hydrogens is 444 g/mol. The van der Waals surface area contributed by atoms with Crippen LogP contribution in [0.4, 0.5) is 0 Å². The van der Waals surface area contributed by atoms with Crippen molar-refractivity contribution in [2.75, 3.05) is 6.61 Å². The summed E-state index contributed by atoms with van der Waals surface area (Å²) < 4.78 is 23.2. The fraction of sp³-hybridized carbons (Fsp3) is 0.143. The average molecular weight is 466 g/mol. The van der Waals surface area contributed by atoms with Gasteiger partial charge < -0.3 is 24.4 Å². The molecule has 2 N–H and O–H groups in total. The Kier molecular flexibility index (Phi) is 5.86. The SMILES string of the molecule is CCOc1cc([C@H]2C(C#N)=C(N)Oc3c2c(=O)oc2ccccc32)ccc1OCc1ccccc1. The number of nitrogens with zero attached hydrogens (tertiary/aromatic N) is 1. The monoisotopic (exact) mass is 466 g/mol. The number of hydrogen-bond acceptors (Lipinski definition) is 7. The van der Waals surface area contributed by atoms with Gasteiger partial charge in [-0.25, -0.2) is 4.79 Å². The Morgan fingerprint density at radius 1 is 1.00 bits per heavy atom. The number of benzene rings is 3. The highest BCUT2D eigenvalue weighted by Crippen LogP contribution is 2.45. The standard InChI is InChI=1S/C28H22N2O5/c1-2-32-23-14-18(12-13-22(23)33-16-17-8-4-3-5-9-17)24-20(15-29)27(30)35-26-19-10-6-7-11-21(19)34-28(31)25(24)26/h3-14,24H,2,16,30H2,1H3/t24-/m0/s1. The van der Waals surface area contributed by atoms with Crippen LogP contribution >= 0.6 is 0 Å². The predicted molar refractivity (Wildman–Crippen MR) is 130 cm³/mol. The van der Waals surface area contributed by atoms with Gasteiger partial charge >= 0.3 is 5.63 Å². The Morgan fingerprint density at radius 3 is 2.54 bits per heavy atom. The molecule has 1 aromatic heterocycles. The van der Waals surface area contributed by atoms with Crippen molar-refractivity contribution in [1.82, 2.24) is 0 Å². The van der Waals surface area contributed by atoms with Gasteiger partial charge in [-0.2, -0.15) is 5.26 Å². The van der Waals surface area contributed by atoms with Crippen molar-refractivity contribution in [2.45, 2.75) is 19.4 Å². The minimum atomic E-state index is -0.785. The summed E-state index contributed by atoms with van der Waals surface area (Å²) in [6.07, 6.45) is 0. The van der Waals surface area contributed by atoms with E-state index in [-0.39, 0.29) is 17.0 Å². The van der Waals surface area contributed by atoms with Crippen molar-refractivity contribution < 1.29 is 18.6 Å². The molecule has 7 heteroatoms. The van der Waals surface area contributed by atoms with E-state index < -0.39 is 11.5 Å². The van der Waals surface area contributed by atoms with Gasteiger partial charge in [0.25, 0.3) is 0 Å². The molecule has 5 rings (SSSR count). The third kappa shape index (κ3) is 4.06. The molecule has 0 fully saturated rings. The molecule has 0 amide bonds. The van der Waals surface area contributed by atoms with Gasteiger partial charge in [0, 0.05) is 0 Å². The molecule has 0 aliphatic carbocycles. The fourth-order valence-corrected chi connectivity index (χ4v) is 4.23. The second kappa shape index (κ2) is 9.27. The lowest BCUT2D eigenvalue weighted by atomic mass is 9.83. The summed E-state index contributed by atoms with van der Waals surface area (Å²) in [5.74, 6) is 0.499. The average Bonchev–Trinajstić information content (AvgIpc) is 2.88. The summed E-state index contributed by atoms with van der Waals surface area (Å²) >= 11 is 0. The zero-order valence-corrected chi connectivity index (χ0v) is 19.0. The molecule has 35 heavy (non-hydrogen) atoms. The number of ether oxygens (including phenoxy) is 3. The minimum Gasteiger partial charge on any atom is -0.490 e. The molecule has 0 unspecified atom stereocenters. The first kappa shape index (κ1) is 22.1. The topological polar surface area (TPSA) is 108 Å². The van der Waals surface area contributed by atoms with Gasteiger partial charge in [0.1, 0.15) is 23.8 Å². The molecule has 1 aliphatic rings. The molecular formula is C28H22N2O5. The lowest BCUT2D eigenvalue weighted by Gasteiger charge is -2.26. The first-order valence-electron chi connectivity index (χ1n) is 11.2. The van der Waals surface area contributed by atoms with Crippen LogP contribution in [-0.4, -0.2) is 6.61 Å². The van der Waals surface area contributed by atoms with E-state index >= 15 is 0 Å². The molecule has 2 heterocycles. The third-order valence-corrected chi connectivity index (χ3v) is 5.81. The molecule has 1 aliphatic heterocycles. The Balaban J connectivity index is 1.62. The van der Waals surface area contributed by atoms with E-state index in [2.05, 4.69) is 6.07 Å². The number of nitriles is 1. The van der Waals surface area contributed by atoms with Crippen LogP contribution in [0.15, 0.2) is 93.5 Å². The summed E-state index contributed by atoms with van der Waals surface area (Å²) in [6, 6.07) is 24.3. The van der Waals surface area contributed by atoms with Crippen LogP contribution in [-0.2, 0) is 6.61 Å². The van der Waals surface area contributed by atoms with Gasteiger partial charge in [-0.1, -0.05) is 48.5 Å². The van der Waals surface area contributed by atoms with E-state index in [0.29, 0.717) is 47.0 Å². The van der Waals surface area contributed by atoms with Crippen LogP contribution in [0.1, 0.15) is 29.5 Å². The number of para-hydroxylation sites is 1. The van der Waals surface area contributed by atoms with Gasteiger partial charge in [0.05, 0.1) is 23.5 Å². The third-order valence-electron chi connectivity index (χ3n) is 5.81. The second-order valence-corrected chi connectivity index (χ2v) is 7.97. The highest BCUT2D eigenvalue weighted by atomic mass is 16.5. The zero-order valence-electron chi connectivity index (χ0n) is 19.0. The summed E-state index contributed by atoms with van der Waals surface area (Å²) in [4.78, 5) is 13.1. The van der Waals surface area contributed by atoms with Gasteiger partial charge in [0.2, 0.25) is 5.88 Å². The van der Waals surface area contributed by atoms with Crippen molar-refractivity contribution >= 4 is 11.0 Å². The Labute approximate surface area is 201 Å². The molecule has 174 valence electrons. The van der Waals surface area contributed by atoms with Crippen molar-refractivity contribution in [3.05, 3.63) is 111 Å². The quantitative estimate of drug-likeness (QED) is 0.399. The summed E-state index contributed by atoms with van der Waals surface area (Å²) in [5, 5.41) is 10.5. The van der Waals surface area contributed by atoms with Crippen LogP contribution in [0.25, 0.3) is 11.0 Å². The maximum Gasteiger partial charge on any atom is 0.344 e. The Morgan fingerprint density at radius 2 is 1.77 bits per heavy atom. The van der Waals surface area contributed by atoms with Crippen molar-refractivity contribution in [1.29, 1.82) is 5.26 Å². The van der Waals surface area contributed by atoms with Crippen molar-refractivity contribution in [2.24, 2.45) is 5.73 Å². The first-order chi connectivity index (χ1) is 17.1. The van der Waals surface area contributed by atoms with E-state index in [4.69, 9.17) is 24.4 Å². The van der Waals surface area contributed by atoms with Crippen LogP contribution in [0.2, 0.25) is 0 Å². The number of hydrogen-bond donors (Lipinski definition) is 1. The zero-order chi connectivity index (χ0) is 24.4.